The van der Waals surface area contributed by atoms with Crippen molar-refractivity contribution in [2.24, 2.45) is 7.05 Å². The van der Waals surface area contributed by atoms with Crippen molar-refractivity contribution in [3.05, 3.63) is 66.1 Å². The number of carbonyl (C=O) groups excluding carboxylic acids is 2. The smallest absolute Gasteiger partial charge is 0.475 e. The maximum Gasteiger partial charge on any atom is 0.490 e. The Kier molecular flexibility index (Phi) is 7.13. The largest absolute Gasteiger partial charge is 0.490 e. The molecule has 184 valence electrons. The first-order chi connectivity index (χ1) is 16.4. The summed E-state index contributed by atoms with van der Waals surface area (Å²) in [6.45, 7) is 0.338. The number of aromatic nitrogens is 3. The molecule has 3 heterocycles. The van der Waals surface area contributed by atoms with Gasteiger partial charge in [0.25, 0.3) is 5.91 Å². The fourth-order valence-corrected chi connectivity index (χ4v) is 3.45. The molecule has 0 aliphatic carbocycles. The van der Waals surface area contributed by atoms with Gasteiger partial charge in [-0.15, -0.1) is 0 Å². The van der Waals surface area contributed by atoms with Gasteiger partial charge in [-0.1, -0.05) is 24.3 Å². The van der Waals surface area contributed by atoms with E-state index in [1.165, 1.54) is 9.47 Å². The molecule has 0 spiro atoms. The maximum absolute atomic E-state index is 13.0. The lowest BCUT2D eigenvalue weighted by Gasteiger charge is -2.15. The number of nitrogens with zero attached hydrogens (tertiary/aromatic N) is 4. The quantitative estimate of drug-likeness (QED) is 0.457. The molecule has 0 atom stereocenters. The van der Waals surface area contributed by atoms with Gasteiger partial charge in [0.05, 0.1) is 16.6 Å². The van der Waals surface area contributed by atoms with Crippen molar-refractivity contribution in [3.63, 3.8) is 0 Å². The zero-order valence-electron chi connectivity index (χ0n) is 19.0. The molecule has 0 bridgehead atoms. The molecule has 0 aliphatic rings. The minimum Gasteiger partial charge on any atom is -0.475 e. The van der Waals surface area contributed by atoms with E-state index in [-0.39, 0.29) is 11.9 Å². The van der Waals surface area contributed by atoms with Crippen LogP contribution in [0.2, 0.25) is 0 Å². The van der Waals surface area contributed by atoms with Crippen molar-refractivity contribution in [1.29, 1.82) is 0 Å². The molecule has 0 radical (unpaired) electrons. The summed E-state index contributed by atoms with van der Waals surface area (Å²) in [5.41, 5.74) is 3.79. The van der Waals surface area contributed by atoms with Gasteiger partial charge in [-0.2, -0.15) is 13.2 Å². The predicted molar refractivity (Wildman–Crippen MR) is 122 cm³/mol. The monoisotopic (exact) mass is 489 g/mol. The Morgan fingerprint density at radius 2 is 1.74 bits per heavy atom. The molecule has 4 rings (SSSR count). The minimum absolute atomic E-state index is 0.266. The third-order valence-corrected chi connectivity index (χ3v) is 5.09. The lowest BCUT2D eigenvalue weighted by molar-refractivity contribution is -0.192. The van der Waals surface area contributed by atoms with Crippen LogP contribution in [0.4, 0.5) is 18.0 Å². The van der Waals surface area contributed by atoms with Crippen LogP contribution >= 0.6 is 0 Å². The Labute approximate surface area is 197 Å². The number of para-hydroxylation sites is 1. The molecule has 3 aromatic heterocycles. The number of fused-ring (bicyclic) bond motifs is 3. The summed E-state index contributed by atoms with van der Waals surface area (Å²) in [6, 6.07) is 13.1. The Morgan fingerprint density at radius 3 is 2.31 bits per heavy atom. The number of carbonyl (C=O) groups is 3. The topological polar surface area (TPSA) is 109 Å². The molecule has 4 aromatic rings. The van der Waals surface area contributed by atoms with Gasteiger partial charge in [-0.25, -0.2) is 9.59 Å². The second-order valence-electron chi connectivity index (χ2n) is 7.70. The van der Waals surface area contributed by atoms with Gasteiger partial charge in [0.1, 0.15) is 5.69 Å². The van der Waals surface area contributed by atoms with Crippen LogP contribution in [0.5, 0.6) is 0 Å². The van der Waals surface area contributed by atoms with Crippen LogP contribution in [0.15, 0.2) is 54.9 Å². The van der Waals surface area contributed by atoms with Crippen LogP contribution in [-0.2, 0) is 18.4 Å². The summed E-state index contributed by atoms with van der Waals surface area (Å²) in [6.07, 6.45) is -1.70. The second kappa shape index (κ2) is 9.87. The van der Waals surface area contributed by atoms with Crippen molar-refractivity contribution in [3.8, 4) is 0 Å². The van der Waals surface area contributed by atoms with Crippen LogP contribution in [0, 0.1) is 0 Å². The van der Waals surface area contributed by atoms with E-state index in [1.807, 2.05) is 48.0 Å². The van der Waals surface area contributed by atoms with Gasteiger partial charge in [-0.05, 0) is 23.8 Å². The van der Waals surface area contributed by atoms with Gasteiger partial charge in [0.15, 0.2) is 0 Å². The van der Waals surface area contributed by atoms with Crippen LogP contribution in [0.25, 0.3) is 21.9 Å². The fourth-order valence-electron chi connectivity index (χ4n) is 3.45. The normalized spacial score (nSPS) is 11.1. The molecule has 0 saturated heterocycles. The number of amides is 2. The number of aryl methyl sites for hydroxylation is 1. The van der Waals surface area contributed by atoms with Crippen molar-refractivity contribution >= 4 is 39.8 Å². The molecule has 0 saturated carbocycles. The molecule has 1 aromatic carbocycles. The number of nitrogens with one attached hydrogen (secondary N) is 1. The summed E-state index contributed by atoms with van der Waals surface area (Å²) < 4.78 is 35.2. The SMILES string of the molecule is CN(C)C(=O)n1c(C(=O)NCc2cccnc2)cc2c1c1ccccc1n2C.O=C(O)C(F)(F)F. The van der Waals surface area contributed by atoms with Crippen molar-refractivity contribution in [2.45, 2.75) is 12.7 Å². The molecule has 0 unspecified atom stereocenters. The van der Waals surface area contributed by atoms with Crippen molar-refractivity contribution in [2.75, 3.05) is 14.1 Å². The van der Waals surface area contributed by atoms with Crippen LogP contribution in [0.3, 0.4) is 0 Å². The first kappa shape index (κ1) is 25.3. The van der Waals surface area contributed by atoms with E-state index in [2.05, 4.69) is 10.3 Å². The highest BCUT2D eigenvalue weighted by atomic mass is 19.4. The minimum atomic E-state index is -5.08. The first-order valence-electron chi connectivity index (χ1n) is 10.2. The lowest BCUT2D eigenvalue weighted by atomic mass is 10.2. The fraction of sp³-hybridized carbons (Fsp3) is 0.217. The number of benzene rings is 1. The summed E-state index contributed by atoms with van der Waals surface area (Å²) >= 11 is 0. The van der Waals surface area contributed by atoms with E-state index in [0.717, 1.165) is 27.5 Å². The van der Waals surface area contributed by atoms with Gasteiger partial charge >= 0.3 is 18.2 Å². The highest BCUT2D eigenvalue weighted by Crippen LogP contribution is 2.31. The lowest BCUT2D eigenvalue weighted by Crippen LogP contribution is -2.32. The standard InChI is InChI=1S/C21H21N5O2.C2HF3O2/c1-24(2)21(28)26-18(20(27)23-13-14-7-6-10-22-12-14)11-17-19(26)15-8-4-5-9-16(15)25(17)3;3-2(4,5)1(6)7/h4-12H,13H2,1-3H3,(H,23,27);(H,6,7). The average Bonchev–Trinajstić information content (AvgIpc) is 3.34. The third-order valence-electron chi connectivity index (χ3n) is 5.09. The number of hydrogen-bond donors (Lipinski definition) is 2. The van der Waals surface area contributed by atoms with E-state index < -0.39 is 12.1 Å². The number of carboxylic acid groups (broad SMARTS) is 1. The Morgan fingerprint density at radius 1 is 1.09 bits per heavy atom. The van der Waals surface area contributed by atoms with Gasteiger partial charge in [-0.3, -0.25) is 14.3 Å². The zero-order valence-corrected chi connectivity index (χ0v) is 19.0. The average molecular weight is 489 g/mol. The molecular formula is C23H22F3N5O4. The number of alkyl halides is 3. The van der Waals surface area contributed by atoms with Crippen LogP contribution < -0.4 is 5.32 Å². The van der Waals surface area contributed by atoms with Gasteiger partial charge in [0, 0.05) is 45.5 Å². The number of halogens is 3. The first-order valence-corrected chi connectivity index (χ1v) is 10.2. The highest BCUT2D eigenvalue weighted by molar-refractivity contribution is 6.14. The van der Waals surface area contributed by atoms with Crippen molar-refractivity contribution < 1.29 is 32.7 Å². The summed E-state index contributed by atoms with van der Waals surface area (Å²) in [7, 11) is 5.29. The number of pyridine rings is 1. The molecule has 2 N–H and O–H groups in total. The van der Waals surface area contributed by atoms with Gasteiger partial charge in [0.2, 0.25) is 0 Å². The van der Waals surface area contributed by atoms with E-state index >= 15 is 0 Å². The van der Waals surface area contributed by atoms with Crippen molar-refractivity contribution in [1.82, 2.24) is 24.3 Å². The molecule has 9 nitrogen and oxygen atoms in total. The number of aliphatic carboxylic acids is 1. The van der Waals surface area contributed by atoms with E-state index in [9.17, 15) is 22.8 Å². The molecule has 35 heavy (non-hydrogen) atoms. The number of rotatable bonds is 3. The molecule has 12 heteroatoms. The molecular weight excluding hydrogens is 467 g/mol. The summed E-state index contributed by atoms with van der Waals surface area (Å²) in [4.78, 5) is 40.3. The number of hydrogen-bond acceptors (Lipinski definition) is 4. The van der Waals surface area contributed by atoms with E-state index in [4.69, 9.17) is 9.90 Å². The summed E-state index contributed by atoms with van der Waals surface area (Å²) in [5.74, 6) is -3.06. The maximum atomic E-state index is 13.0. The highest BCUT2D eigenvalue weighted by Gasteiger charge is 2.38. The van der Waals surface area contributed by atoms with Crippen LogP contribution in [-0.4, -0.2) is 62.3 Å². The molecule has 2 amide bonds. The second-order valence-corrected chi connectivity index (χ2v) is 7.70. The van der Waals surface area contributed by atoms with Gasteiger partial charge < -0.3 is 19.9 Å². The molecule has 0 aliphatic heterocycles. The Hall–Kier alpha value is -4.35. The zero-order chi connectivity index (χ0) is 25.9. The summed E-state index contributed by atoms with van der Waals surface area (Å²) in [5, 5.41) is 10.9. The Bertz CT molecular complexity index is 1390. The predicted octanol–water partition coefficient (Wildman–Crippen LogP) is 3.62. The van der Waals surface area contributed by atoms with E-state index in [0.29, 0.717) is 12.2 Å². The van der Waals surface area contributed by atoms with E-state index in [1.54, 1.807) is 32.6 Å². The third kappa shape index (κ3) is 5.26. The number of carboxylic acids is 1. The molecule has 0 fully saturated rings. The Balaban J connectivity index is 0.000000429. The van der Waals surface area contributed by atoms with Crippen LogP contribution in [0.1, 0.15) is 16.1 Å².